The number of hydrogen-bond acceptors (Lipinski definition) is 3. The molecule has 1 aromatic carbocycles. The highest BCUT2D eigenvalue weighted by Gasteiger charge is 2.35. The maximum Gasteiger partial charge on any atom is 0.239 e. The molecule has 5 heteroatoms. The zero-order chi connectivity index (χ0) is 16.2. The van der Waals surface area contributed by atoms with Gasteiger partial charge < -0.3 is 10.6 Å². The predicted molar refractivity (Wildman–Crippen MR) is 88.4 cm³/mol. The summed E-state index contributed by atoms with van der Waals surface area (Å²) in [7, 11) is 0. The molecular formula is C18H25N3O2. The van der Waals surface area contributed by atoms with Crippen LogP contribution in [0.15, 0.2) is 30.3 Å². The molecule has 2 aliphatic heterocycles. The summed E-state index contributed by atoms with van der Waals surface area (Å²) in [6, 6.07) is 10.3. The van der Waals surface area contributed by atoms with Crippen molar-refractivity contribution < 1.29 is 9.59 Å². The normalized spacial score (nSPS) is 23.1. The molecule has 0 aliphatic carbocycles. The smallest absolute Gasteiger partial charge is 0.239 e. The second-order valence-electron chi connectivity index (χ2n) is 6.62. The Labute approximate surface area is 137 Å². The second-order valence-corrected chi connectivity index (χ2v) is 6.62. The number of benzene rings is 1. The lowest BCUT2D eigenvalue weighted by Gasteiger charge is -2.34. The number of hydrogen-bond donors (Lipinski definition) is 1. The Morgan fingerprint density at radius 3 is 2.39 bits per heavy atom. The maximum absolute atomic E-state index is 12.8. The van der Waals surface area contributed by atoms with Crippen molar-refractivity contribution in [1.29, 1.82) is 0 Å². The summed E-state index contributed by atoms with van der Waals surface area (Å²) in [4.78, 5) is 28.3. The van der Waals surface area contributed by atoms with E-state index in [1.54, 1.807) is 0 Å². The standard InChI is InChI=1S/C18H25N3O2/c19-17(22)15-8-11-20(12-9-15)18(23)16-7-4-10-21(16)13-14-5-2-1-3-6-14/h1-3,5-6,15-16H,4,7-13H2,(H2,19,22)/t16-/m0/s1. The average Bonchev–Trinajstić information content (AvgIpc) is 3.03. The van der Waals surface area contributed by atoms with Gasteiger partial charge in [-0.15, -0.1) is 0 Å². The second kappa shape index (κ2) is 7.13. The van der Waals surface area contributed by atoms with Crippen molar-refractivity contribution in [3.05, 3.63) is 35.9 Å². The summed E-state index contributed by atoms with van der Waals surface area (Å²) in [5.74, 6) is -0.0759. The first kappa shape index (κ1) is 16.0. The van der Waals surface area contributed by atoms with Crippen LogP contribution in [-0.2, 0) is 16.1 Å². The molecule has 2 fully saturated rings. The largest absolute Gasteiger partial charge is 0.369 e. The summed E-state index contributed by atoms with van der Waals surface area (Å²) in [5.41, 5.74) is 6.62. The van der Waals surface area contributed by atoms with Crippen molar-refractivity contribution in [2.75, 3.05) is 19.6 Å². The number of nitrogens with two attached hydrogens (primary N) is 1. The summed E-state index contributed by atoms with van der Waals surface area (Å²) in [6.45, 7) is 3.11. The highest BCUT2D eigenvalue weighted by molar-refractivity contribution is 5.83. The van der Waals surface area contributed by atoms with E-state index in [-0.39, 0.29) is 23.8 Å². The molecule has 23 heavy (non-hydrogen) atoms. The van der Waals surface area contributed by atoms with E-state index in [1.807, 2.05) is 23.1 Å². The van der Waals surface area contributed by atoms with Gasteiger partial charge in [-0.1, -0.05) is 30.3 Å². The molecule has 124 valence electrons. The summed E-state index contributed by atoms with van der Waals surface area (Å²) in [5, 5.41) is 0. The van der Waals surface area contributed by atoms with Crippen LogP contribution in [0.5, 0.6) is 0 Å². The van der Waals surface area contributed by atoms with Crippen molar-refractivity contribution >= 4 is 11.8 Å². The summed E-state index contributed by atoms with van der Waals surface area (Å²) >= 11 is 0. The van der Waals surface area contributed by atoms with Crippen LogP contribution in [0.25, 0.3) is 0 Å². The molecule has 0 radical (unpaired) electrons. The van der Waals surface area contributed by atoms with E-state index >= 15 is 0 Å². The SMILES string of the molecule is NC(=O)C1CCN(C(=O)[C@@H]2CCCN2Cc2ccccc2)CC1. The third-order valence-electron chi connectivity index (χ3n) is 5.09. The van der Waals surface area contributed by atoms with Gasteiger partial charge in [0.25, 0.3) is 0 Å². The van der Waals surface area contributed by atoms with Gasteiger partial charge in [0.2, 0.25) is 11.8 Å². The zero-order valence-electron chi connectivity index (χ0n) is 13.5. The topological polar surface area (TPSA) is 66.6 Å². The van der Waals surface area contributed by atoms with Gasteiger partial charge >= 0.3 is 0 Å². The lowest BCUT2D eigenvalue weighted by atomic mass is 9.95. The van der Waals surface area contributed by atoms with Crippen LogP contribution in [0.2, 0.25) is 0 Å². The molecule has 2 amide bonds. The van der Waals surface area contributed by atoms with Gasteiger partial charge in [-0.05, 0) is 37.8 Å². The number of likely N-dealkylation sites (tertiary alicyclic amines) is 2. The van der Waals surface area contributed by atoms with Gasteiger partial charge in [-0.2, -0.15) is 0 Å². The quantitative estimate of drug-likeness (QED) is 0.912. The number of rotatable bonds is 4. The van der Waals surface area contributed by atoms with Crippen LogP contribution >= 0.6 is 0 Å². The van der Waals surface area contributed by atoms with E-state index in [0.717, 1.165) is 25.9 Å². The van der Waals surface area contributed by atoms with Crippen molar-refractivity contribution in [2.45, 2.75) is 38.3 Å². The molecule has 0 bridgehead atoms. The molecule has 0 unspecified atom stereocenters. The van der Waals surface area contributed by atoms with Crippen LogP contribution in [0.4, 0.5) is 0 Å². The van der Waals surface area contributed by atoms with Crippen LogP contribution < -0.4 is 5.73 Å². The molecule has 3 rings (SSSR count). The highest BCUT2D eigenvalue weighted by Crippen LogP contribution is 2.24. The van der Waals surface area contributed by atoms with Crippen molar-refractivity contribution in [2.24, 2.45) is 11.7 Å². The molecule has 1 atom stereocenters. The number of amides is 2. The van der Waals surface area contributed by atoms with Gasteiger partial charge in [0.15, 0.2) is 0 Å². The first-order chi connectivity index (χ1) is 11.1. The van der Waals surface area contributed by atoms with Gasteiger partial charge in [-0.3, -0.25) is 14.5 Å². The number of carbonyl (C=O) groups is 2. The predicted octanol–water partition coefficient (Wildman–Crippen LogP) is 1.37. The molecular weight excluding hydrogens is 290 g/mol. The minimum Gasteiger partial charge on any atom is -0.369 e. The molecule has 2 aliphatic rings. The molecule has 2 heterocycles. The number of carbonyl (C=O) groups excluding carboxylic acids is 2. The molecule has 2 saturated heterocycles. The van der Waals surface area contributed by atoms with Crippen molar-refractivity contribution in [3.8, 4) is 0 Å². The summed E-state index contributed by atoms with van der Waals surface area (Å²) in [6.07, 6.45) is 3.40. The van der Waals surface area contributed by atoms with Crippen molar-refractivity contribution in [3.63, 3.8) is 0 Å². The maximum atomic E-state index is 12.8. The van der Waals surface area contributed by atoms with Gasteiger partial charge in [0.1, 0.15) is 0 Å². The molecule has 0 spiro atoms. The highest BCUT2D eigenvalue weighted by atomic mass is 16.2. The lowest BCUT2D eigenvalue weighted by Crippen LogP contribution is -2.49. The van der Waals surface area contributed by atoms with E-state index in [2.05, 4.69) is 17.0 Å². The monoisotopic (exact) mass is 315 g/mol. The third-order valence-corrected chi connectivity index (χ3v) is 5.09. The molecule has 5 nitrogen and oxygen atoms in total. The van der Waals surface area contributed by atoms with Crippen LogP contribution in [0.1, 0.15) is 31.2 Å². The van der Waals surface area contributed by atoms with Gasteiger partial charge in [-0.25, -0.2) is 0 Å². The van der Waals surface area contributed by atoms with E-state index < -0.39 is 0 Å². The minimum atomic E-state index is -0.233. The first-order valence-corrected chi connectivity index (χ1v) is 8.51. The molecule has 0 saturated carbocycles. The van der Waals surface area contributed by atoms with E-state index in [0.29, 0.717) is 25.9 Å². The van der Waals surface area contributed by atoms with E-state index in [1.165, 1.54) is 5.56 Å². The Kier molecular flexibility index (Phi) is 4.96. The Morgan fingerprint density at radius 1 is 1.04 bits per heavy atom. The molecule has 1 aromatic rings. The third kappa shape index (κ3) is 3.72. The fourth-order valence-corrected chi connectivity index (χ4v) is 3.71. The Balaban J connectivity index is 1.59. The zero-order valence-corrected chi connectivity index (χ0v) is 13.5. The van der Waals surface area contributed by atoms with Crippen LogP contribution in [0, 0.1) is 5.92 Å². The number of nitrogens with zero attached hydrogens (tertiary/aromatic N) is 2. The Bertz CT molecular complexity index is 553. The van der Waals surface area contributed by atoms with E-state index in [9.17, 15) is 9.59 Å². The Morgan fingerprint density at radius 2 is 1.74 bits per heavy atom. The van der Waals surface area contributed by atoms with Crippen LogP contribution in [-0.4, -0.2) is 47.3 Å². The number of primary amides is 1. The fraction of sp³-hybridized carbons (Fsp3) is 0.556. The molecule has 0 aromatic heterocycles. The first-order valence-electron chi connectivity index (χ1n) is 8.51. The average molecular weight is 315 g/mol. The van der Waals surface area contributed by atoms with Gasteiger partial charge in [0.05, 0.1) is 6.04 Å². The lowest BCUT2D eigenvalue weighted by molar-refractivity contribution is -0.139. The molecule has 2 N–H and O–H groups in total. The van der Waals surface area contributed by atoms with Crippen LogP contribution in [0.3, 0.4) is 0 Å². The van der Waals surface area contributed by atoms with E-state index in [4.69, 9.17) is 5.73 Å². The van der Waals surface area contributed by atoms with Crippen molar-refractivity contribution in [1.82, 2.24) is 9.80 Å². The van der Waals surface area contributed by atoms with Gasteiger partial charge in [0, 0.05) is 25.6 Å². The summed E-state index contributed by atoms with van der Waals surface area (Å²) < 4.78 is 0. The Hall–Kier alpha value is -1.88. The minimum absolute atomic E-state index is 0.0136. The fourth-order valence-electron chi connectivity index (χ4n) is 3.71. The number of piperidine rings is 1.